The predicted molar refractivity (Wildman–Crippen MR) is 151 cm³/mol. The number of carbonyl (C=O) groups is 2. The molecule has 8 nitrogen and oxygen atoms in total. The van der Waals surface area contributed by atoms with Crippen LogP contribution in [0.25, 0.3) is 11.4 Å². The van der Waals surface area contributed by atoms with Crippen LogP contribution in [-0.2, 0) is 22.5 Å². The van der Waals surface area contributed by atoms with Crippen molar-refractivity contribution < 1.29 is 14.3 Å². The highest BCUT2D eigenvalue weighted by atomic mass is 16.5. The average molecular weight is 538 g/mol. The number of hydrogen-bond donors (Lipinski definition) is 2. The fraction of sp³-hybridized carbons (Fsp3) is 0.438. The number of esters is 1. The molecule has 1 aromatic heterocycles. The van der Waals surface area contributed by atoms with Gasteiger partial charge in [0.1, 0.15) is 11.9 Å². The topological polar surface area (TPSA) is 111 Å². The molecule has 8 heteroatoms. The molecule has 0 radical (unpaired) electrons. The Balaban J connectivity index is 1.25. The average Bonchev–Trinajstić information content (AvgIpc) is 3.39. The molecular formula is C32H35N5O3. The Morgan fingerprint density at radius 1 is 1.07 bits per heavy atom. The lowest BCUT2D eigenvalue weighted by Crippen LogP contribution is -2.42. The molecule has 40 heavy (non-hydrogen) atoms. The third kappa shape index (κ3) is 4.90. The Morgan fingerprint density at radius 2 is 1.82 bits per heavy atom. The molecule has 1 aliphatic carbocycles. The maximum Gasteiger partial charge on any atom is 0.323 e. The van der Waals surface area contributed by atoms with Gasteiger partial charge in [-0.05, 0) is 79.3 Å². The van der Waals surface area contributed by atoms with E-state index < -0.39 is 0 Å². The molecule has 1 saturated heterocycles. The van der Waals surface area contributed by atoms with E-state index in [9.17, 15) is 9.59 Å². The highest BCUT2D eigenvalue weighted by Gasteiger charge is 2.31. The molecule has 3 heterocycles. The molecule has 6 rings (SSSR count). The number of hydrogen-bond acceptors (Lipinski definition) is 6. The smallest absolute Gasteiger partial charge is 0.323 e. The monoisotopic (exact) mass is 537 g/mol. The second-order valence-corrected chi connectivity index (χ2v) is 11.4. The van der Waals surface area contributed by atoms with Crippen molar-refractivity contribution in [2.24, 2.45) is 0 Å². The molecule has 1 amide bonds. The van der Waals surface area contributed by atoms with Crippen molar-refractivity contribution in [2.75, 3.05) is 20.2 Å². The number of aryl methyl sites for hydroxylation is 1. The van der Waals surface area contributed by atoms with Gasteiger partial charge in [-0.1, -0.05) is 24.6 Å². The maximum absolute atomic E-state index is 13.8. The van der Waals surface area contributed by atoms with E-state index in [1.165, 1.54) is 24.7 Å². The zero-order valence-electron chi connectivity index (χ0n) is 23.1. The third-order valence-electron chi connectivity index (χ3n) is 8.99. The van der Waals surface area contributed by atoms with E-state index in [-0.39, 0.29) is 17.9 Å². The number of aromatic amines is 1. The van der Waals surface area contributed by atoms with Gasteiger partial charge in [-0.3, -0.25) is 14.9 Å². The number of imidazole rings is 1. The van der Waals surface area contributed by atoms with E-state index in [2.05, 4.69) is 22.4 Å². The second-order valence-electron chi connectivity index (χ2n) is 11.4. The van der Waals surface area contributed by atoms with Gasteiger partial charge in [0.15, 0.2) is 0 Å². The number of nitriles is 1. The summed E-state index contributed by atoms with van der Waals surface area (Å²) in [5.74, 6) is 1.44. The Bertz CT molecular complexity index is 1470. The van der Waals surface area contributed by atoms with Crippen LogP contribution in [-0.4, -0.2) is 53.0 Å². The van der Waals surface area contributed by atoms with Crippen LogP contribution in [0.4, 0.5) is 0 Å². The zero-order valence-corrected chi connectivity index (χ0v) is 23.1. The largest absolute Gasteiger partial charge is 0.468 e. The van der Waals surface area contributed by atoms with Gasteiger partial charge in [-0.25, -0.2) is 4.98 Å². The van der Waals surface area contributed by atoms with E-state index in [1.54, 1.807) is 0 Å². The maximum atomic E-state index is 13.8. The van der Waals surface area contributed by atoms with Crippen LogP contribution in [0, 0.1) is 18.3 Å². The number of likely N-dealkylation sites (tertiary alicyclic amines) is 1. The fourth-order valence-electron chi connectivity index (χ4n) is 6.33. The first-order chi connectivity index (χ1) is 19.4. The Kier molecular flexibility index (Phi) is 7.16. The van der Waals surface area contributed by atoms with Gasteiger partial charge in [0.25, 0.3) is 5.91 Å². The van der Waals surface area contributed by atoms with Gasteiger partial charge in [0.2, 0.25) is 0 Å². The molecule has 1 saturated carbocycles. The summed E-state index contributed by atoms with van der Waals surface area (Å²) in [7, 11) is 1.41. The molecule has 2 fully saturated rings. The molecule has 1 atom stereocenters. The zero-order chi connectivity index (χ0) is 27.8. The summed E-state index contributed by atoms with van der Waals surface area (Å²) in [6.45, 7) is 3.95. The number of amides is 1. The molecule has 2 aliphatic heterocycles. The molecule has 2 N–H and O–H groups in total. The Morgan fingerprint density at radius 3 is 2.48 bits per heavy atom. The van der Waals surface area contributed by atoms with Crippen LogP contribution in [0.15, 0.2) is 36.4 Å². The predicted octanol–water partition coefficient (Wildman–Crippen LogP) is 4.73. The third-order valence-corrected chi connectivity index (χ3v) is 8.99. The van der Waals surface area contributed by atoms with Gasteiger partial charge in [-0.15, -0.1) is 0 Å². The molecule has 0 spiro atoms. The number of ether oxygens (including phenoxy) is 1. The minimum atomic E-state index is -0.390. The van der Waals surface area contributed by atoms with Crippen molar-refractivity contribution in [3.63, 3.8) is 0 Å². The molecule has 3 aliphatic rings. The summed E-state index contributed by atoms with van der Waals surface area (Å²) >= 11 is 0. The summed E-state index contributed by atoms with van der Waals surface area (Å²) in [6, 6.07) is 13.9. The van der Waals surface area contributed by atoms with E-state index in [0.717, 1.165) is 59.6 Å². The minimum Gasteiger partial charge on any atom is -0.468 e. The van der Waals surface area contributed by atoms with Crippen molar-refractivity contribution in [3.8, 4) is 17.5 Å². The number of aromatic nitrogens is 2. The van der Waals surface area contributed by atoms with E-state index in [1.807, 2.05) is 42.2 Å². The van der Waals surface area contributed by atoms with Gasteiger partial charge in [0, 0.05) is 42.9 Å². The summed E-state index contributed by atoms with van der Waals surface area (Å²) in [5, 5.41) is 12.3. The van der Waals surface area contributed by atoms with Crippen LogP contribution >= 0.6 is 0 Å². The minimum absolute atomic E-state index is 0.0703. The Labute approximate surface area is 234 Å². The van der Waals surface area contributed by atoms with Gasteiger partial charge in [-0.2, -0.15) is 5.26 Å². The fourth-order valence-corrected chi connectivity index (χ4v) is 6.33. The SMILES string of the molecule is COC(=O)C1Cc2[nH]c(-c3cc(C(=O)N4CCC(c5ccc(C#N)cc5)CC4)c(C)cc3C3CCC3)nc2CN1. The number of nitrogens with zero attached hydrogens (tertiary/aromatic N) is 3. The summed E-state index contributed by atoms with van der Waals surface area (Å²) in [6.07, 6.45) is 5.83. The Hall–Kier alpha value is -3.96. The quantitative estimate of drug-likeness (QED) is 0.455. The number of methoxy groups -OCH3 is 1. The summed E-state index contributed by atoms with van der Waals surface area (Å²) in [4.78, 5) is 36.3. The number of benzene rings is 2. The number of piperidine rings is 1. The van der Waals surface area contributed by atoms with Crippen molar-refractivity contribution in [2.45, 2.75) is 69.9 Å². The molecule has 1 unspecified atom stereocenters. The lowest BCUT2D eigenvalue weighted by molar-refractivity contribution is -0.143. The van der Waals surface area contributed by atoms with Crippen LogP contribution < -0.4 is 5.32 Å². The van der Waals surface area contributed by atoms with Crippen molar-refractivity contribution in [1.29, 1.82) is 5.26 Å². The van der Waals surface area contributed by atoms with E-state index in [4.69, 9.17) is 15.0 Å². The summed E-state index contributed by atoms with van der Waals surface area (Å²) in [5.41, 5.74) is 7.75. The molecular weight excluding hydrogens is 502 g/mol. The van der Waals surface area contributed by atoms with Crippen LogP contribution in [0.5, 0.6) is 0 Å². The van der Waals surface area contributed by atoms with Gasteiger partial charge >= 0.3 is 5.97 Å². The first-order valence-electron chi connectivity index (χ1n) is 14.3. The van der Waals surface area contributed by atoms with Crippen LogP contribution in [0.3, 0.4) is 0 Å². The number of carbonyl (C=O) groups excluding carboxylic acids is 2. The normalized spacial score (nSPS) is 19.4. The van der Waals surface area contributed by atoms with E-state index >= 15 is 0 Å². The van der Waals surface area contributed by atoms with Crippen molar-refractivity contribution in [1.82, 2.24) is 20.2 Å². The number of H-pyrrole nitrogens is 1. The lowest BCUT2D eigenvalue weighted by atomic mass is 9.77. The molecule has 206 valence electrons. The van der Waals surface area contributed by atoms with Crippen LogP contribution in [0.1, 0.15) is 87.9 Å². The standard InChI is InChI=1S/C32H35N5O3/c1-19-14-25(23-4-3-5-23)26(30-35-27-16-28(32(39)40-2)34-18-29(27)36-30)15-24(19)31(38)37-12-10-22(11-13-37)21-8-6-20(17-33)7-9-21/h6-9,14-15,22-23,28,34H,3-5,10-13,16,18H2,1-2H3,(H,35,36). The first-order valence-corrected chi connectivity index (χ1v) is 14.3. The van der Waals surface area contributed by atoms with E-state index in [0.29, 0.717) is 43.5 Å². The highest BCUT2D eigenvalue weighted by Crippen LogP contribution is 2.42. The number of fused-ring (bicyclic) bond motifs is 1. The molecule has 2 aromatic carbocycles. The number of nitrogens with one attached hydrogen (secondary N) is 2. The lowest BCUT2D eigenvalue weighted by Gasteiger charge is -2.33. The van der Waals surface area contributed by atoms with Crippen molar-refractivity contribution in [3.05, 3.63) is 75.6 Å². The summed E-state index contributed by atoms with van der Waals surface area (Å²) < 4.78 is 4.93. The molecule has 3 aromatic rings. The number of rotatable bonds is 5. The first kappa shape index (κ1) is 26.3. The van der Waals surface area contributed by atoms with Crippen LogP contribution in [0.2, 0.25) is 0 Å². The van der Waals surface area contributed by atoms with Gasteiger partial charge in [0.05, 0.1) is 24.4 Å². The molecule has 0 bridgehead atoms. The van der Waals surface area contributed by atoms with Gasteiger partial charge < -0.3 is 14.6 Å². The highest BCUT2D eigenvalue weighted by molar-refractivity contribution is 5.97. The second kappa shape index (κ2) is 10.9. The van der Waals surface area contributed by atoms with Crippen molar-refractivity contribution >= 4 is 11.9 Å².